The minimum atomic E-state index is -0.378. The van der Waals surface area contributed by atoms with Gasteiger partial charge in [0.15, 0.2) is 6.61 Å². The molecule has 0 bridgehead atoms. The summed E-state index contributed by atoms with van der Waals surface area (Å²) in [5.74, 6) is 0.0106. The first-order chi connectivity index (χ1) is 13.4. The van der Waals surface area contributed by atoms with Gasteiger partial charge in [-0.05, 0) is 51.0 Å². The van der Waals surface area contributed by atoms with E-state index in [-0.39, 0.29) is 18.4 Å². The van der Waals surface area contributed by atoms with Crippen LogP contribution in [0.1, 0.15) is 10.4 Å². The molecule has 0 heterocycles. The fourth-order valence-corrected chi connectivity index (χ4v) is 3.44. The molecule has 3 rings (SSSR count). The lowest BCUT2D eigenvalue weighted by atomic mass is 10.1. The van der Waals surface area contributed by atoms with Gasteiger partial charge in [0.25, 0.3) is 11.8 Å². The molecule has 5 nitrogen and oxygen atoms in total. The smallest absolute Gasteiger partial charge is 0.262 e. The molecule has 3 aromatic carbocycles. The number of nitrogens with zero attached hydrogens (tertiary/aromatic N) is 1. The van der Waals surface area contributed by atoms with Crippen molar-refractivity contribution in [3.8, 4) is 5.75 Å². The summed E-state index contributed by atoms with van der Waals surface area (Å²) in [7, 11) is 3.31. The number of amides is 2. The van der Waals surface area contributed by atoms with Crippen LogP contribution in [0.2, 0.25) is 5.02 Å². The second kappa shape index (κ2) is 8.63. The second-order valence-electron chi connectivity index (χ2n) is 6.33. The number of hydrogen-bond donors (Lipinski definition) is 1. The predicted molar refractivity (Wildman–Crippen MR) is 115 cm³/mol. The number of rotatable bonds is 5. The van der Waals surface area contributed by atoms with Gasteiger partial charge < -0.3 is 15.0 Å². The molecule has 0 aliphatic carbocycles. The summed E-state index contributed by atoms with van der Waals surface area (Å²) in [6.45, 7) is -0.195. The monoisotopic (exact) mass is 460 g/mol. The van der Waals surface area contributed by atoms with Gasteiger partial charge in [-0.2, -0.15) is 0 Å². The van der Waals surface area contributed by atoms with Crippen molar-refractivity contribution >= 4 is 55.8 Å². The quantitative estimate of drug-likeness (QED) is 0.583. The van der Waals surface area contributed by atoms with Gasteiger partial charge in [0.1, 0.15) is 5.75 Å². The van der Waals surface area contributed by atoms with Crippen molar-refractivity contribution in [2.24, 2.45) is 0 Å². The van der Waals surface area contributed by atoms with Gasteiger partial charge in [0.2, 0.25) is 0 Å². The van der Waals surface area contributed by atoms with Crippen molar-refractivity contribution < 1.29 is 14.3 Å². The minimum Gasteiger partial charge on any atom is -0.483 e. The molecule has 2 amide bonds. The van der Waals surface area contributed by atoms with Gasteiger partial charge in [-0.1, -0.05) is 41.9 Å². The Kier molecular flexibility index (Phi) is 6.21. The molecule has 0 fully saturated rings. The molecule has 0 aliphatic rings. The van der Waals surface area contributed by atoms with E-state index in [0.29, 0.717) is 22.0 Å². The third-order valence-electron chi connectivity index (χ3n) is 4.08. The van der Waals surface area contributed by atoms with E-state index in [4.69, 9.17) is 16.3 Å². The van der Waals surface area contributed by atoms with Gasteiger partial charge in [-0.25, -0.2) is 0 Å². The van der Waals surface area contributed by atoms with Crippen LogP contribution in [0.15, 0.2) is 59.1 Å². The van der Waals surface area contributed by atoms with Crippen LogP contribution in [-0.2, 0) is 4.79 Å². The topological polar surface area (TPSA) is 58.6 Å². The zero-order valence-electron chi connectivity index (χ0n) is 15.3. The molecule has 3 aromatic rings. The van der Waals surface area contributed by atoms with Crippen LogP contribution in [0.3, 0.4) is 0 Å². The van der Waals surface area contributed by atoms with Crippen molar-refractivity contribution in [1.82, 2.24) is 4.90 Å². The molecule has 28 heavy (non-hydrogen) atoms. The molecule has 0 aromatic heterocycles. The van der Waals surface area contributed by atoms with E-state index in [1.54, 1.807) is 32.3 Å². The van der Waals surface area contributed by atoms with Crippen LogP contribution in [-0.4, -0.2) is 37.4 Å². The van der Waals surface area contributed by atoms with Crippen molar-refractivity contribution in [1.29, 1.82) is 0 Å². The van der Waals surface area contributed by atoms with E-state index in [2.05, 4.69) is 21.2 Å². The van der Waals surface area contributed by atoms with Crippen molar-refractivity contribution in [3.05, 3.63) is 69.7 Å². The Bertz CT molecular complexity index is 1050. The van der Waals surface area contributed by atoms with Crippen LogP contribution in [0.4, 0.5) is 5.69 Å². The van der Waals surface area contributed by atoms with Crippen molar-refractivity contribution in [3.63, 3.8) is 0 Å². The molecular formula is C21H18BrClN2O3. The number of hydrogen-bond acceptors (Lipinski definition) is 3. The Labute approximate surface area is 176 Å². The molecular weight excluding hydrogens is 444 g/mol. The van der Waals surface area contributed by atoms with E-state index in [1.165, 1.54) is 4.90 Å². The standard InChI is InChI=1S/C21H18BrClN2O3/c1-25(2)21(27)14-7-9-16(23)17(11-14)24-19(26)12-28-18-10-8-13-5-3-4-6-15(13)20(18)22/h3-11H,12H2,1-2H3,(H,24,26). The Morgan fingerprint density at radius 2 is 1.86 bits per heavy atom. The number of anilines is 1. The van der Waals surface area contributed by atoms with Gasteiger partial charge in [-0.15, -0.1) is 0 Å². The lowest BCUT2D eigenvalue weighted by molar-refractivity contribution is -0.118. The van der Waals surface area contributed by atoms with Gasteiger partial charge in [0, 0.05) is 19.7 Å². The van der Waals surface area contributed by atoms with E-state index in [0.717, 1.165) is 15.2 Å². The maximum atomic E-state index is 12.3. The molecule has 144 valence electrons. The van der Waals surface area contributed by atoms with Crippen LogP contribution in [0.5, 0.6) is 5.75 Å². The summed E-state index contributed by atoms with van der Waals surface area (Å²) in [6, 6.07) is 16.4. The first kappa shape index (κ1) is 20.2. The Morgan fingerprint density at radius 3 is 2.61 bits per heavy atom. The number of carbonyl (C=O) groups excluding carboxylic acids is 2. The summed E-state index contributed by atoms with van der Waals surface area (Å²) < 4.78 is 6.44. The Hall–Kier alpha value is -2.57. The molecule has 0 unspecified atom stereocenters. The fraction of sp³-hybridized carbons (Fsp3) is 0.143. The lowest BCUT2D eigenvalue weighted by Gasteiger charge is -2.14. The number of benzene rings is 3. The number of halogens is 2. The summed E-state index contributed by atoms with van der Waals surface area (Å²) in [5, 5.41) is 5.10. The largest absolute Gasteiger partial charge is 0.483 e. The third-order valence-corrected chi connectivity index (χ3v) is 5.23. The molecule has 0 saturated heterocycles. The highest BCUT2D eigenvalue weighted by molar-refractivity contribution is 9.10. The zero-order valence-corrected chi connectivity index (χ0v) is 17.7. The maximum absolute atomic E-state index is 12.3. The van der Waals surface area contributed by atoms with Crippen molar-refractivity contribution in [2.75, 3.05) is 26.0 Å². The normalized spacial score (nSPS) is 10.6. The van der Waals surface area contributed by atoms with E-state index in [1.807, 2.05) is 36.4 Å². The number of nitrogens with one attached hydrogen (secondary N) is 1. The zero-order chi connectivity index (χ0) is 20.3. The van der Waals surface area contributed by atoms with Crippen LogP contribution < -0.4 is 10.1 Å². The highest BCUT2D eigenvalue weighted by atomic mass is 79.9. The van der Waals surface area contributed by atoms with Crippen molar-refractivity contribution in [2.45, 2.75) is 0 Å². The Balaban J connectivity index is 1.70. The number of fused-ring (bicyclic) bond motifs is 1. The van der Waals surface area contributed by atoms with Crippen LogP contribution in [0, 0.1) is 0 Å². The first-order valence-corrected chi connectivity index (χ1v) is 9.65. The first-order valence-electron chi connectivity index (χ1n) is 8.48. The lowest BCUT2D eigenvalue weighted by Crippen LogP contribution is -2.23. The molecule has 0 radical (unpaired) electrons. The molecule has 0 aliphatic heterocycles. The molecule has 0 spiro atoms. The predicted octanol–water partition coefficient (Wildman–Crippen LogP) is 4.98. The third kappa shape index (κ3) is 4.46. The summed E-state index contributed by atoms with van der Waals surface area (Å²) in [6.07, 6.45) is 0. The number of carbonyl (C=O) groups is 2. The highest BCUT2D eigenvalue weighted by Crippen LogP contribution is 2.33. The number of ether oxygens (including phenoxy) is 1. The highest BCUT2D eigenvalue weighted by Gasteiger charge is 2.14. The van der Waals surface area contributed by atoms with Gasteiger partial charge >= 0.3 is 0 Å². The van der Waals surface area contributed by atoms with E-state index in [9.17, 15) is 9.59 Å². The maximum Gasteiger partial charge on any atom is 0.262 e. The minimum absolute atomic E-state index is 0.177. The summed E-state index contributed by atoms with van der Waals surface area (Å²) in [4.78, 5) is 25.9. The van der Waals surface area contributed by atoms with Crippen LogP contribution >= 0.6 is 27.5 Å². The van der Waals surface area contributed by atoms with Gasteiger partial charge in [0.05, 0.1) is 15.2 Å². The van der Waals surface area contributed by atoms with E-state index < -0.39 is 0 Å². The molecule has 1 N–H and O–H groups in total. The second-order valence-corrected chi connectivity index (χ2v) is 7.53. The average Bonchev–Trinajstić information content (AvgIpc) is 2.68. The van der Waals surface area contributed by atoms with E-state index >= 15 is 0 Å². The summed E-state index contributed by atoms with van der Waals surface area (Å²) >= 11 is 9.67. The summed E-state index contributed by atoms with van der Waals surface area (Å²) in [5.41, 5.74) is 0.795. The molecule has 0 atom stereocenters. The van der Waals surface area contributed by atoms with Crippen LogP contribution in [0.25, 0.3) is 10.8 Å². The fourth-order valence-electron chi connectivity index (χ4n) is 2.67. The average molecular weight is 462 g/mol. The Morgan fingerprint density at radius 1 is 1.11 bits per heavy atom. The van der Waals surface area contributed by atoms with Gasteiger partial charge in [-0.3, -0.25) is 9.59 Å². The SMILES string of the molecule is CN(C)C(=O)c1ccc(Cl)c(NC(=O)COc2ccc3ccccc3c2Br)c1. The molecule has 7 heteroatoms. The molecule has 0 saturated carbocycles.